The van der Waals surface area contributed by atoms with Gasteiger partial charge in [0.05, 0.1) is 15.2 Å². The predicted octanol–water partition coefficient (Wildman–Crippen LogP) is 2.66. The minimum absolute atomic E-state index is 0.0116. The number of benzene rings is 1. The smallest absolute Gasteiger partial charge is 0.266 e. The van der Waals surface area contributed by atoms with E-state index < -0.39 is 20.7 Å². The van der Waals surface area contributed by atoms with Crippen LogP contribution >= 0.6 is 27.5 Å². The van der Waals surface area contributed by atoms with Crippen LogP contribution in [0.15, 0.2) is 21.5 Å². The van der Waals surface area contributed by atoms with Crippen molar-refractivity contribution in [2.75, 3.05) is 10.5 Å². The topological polar surface area (TPSA) is 101 Å². The van der Waals surface area contributed by atoms with Crippen LogP contribution in [0.2, 0.25) is 5.02 Å². The summed E-state index contributed by atoms with van der Waals surface area (Å²) >= 11 is 8.77. The summed E-state index contributed by atoms with van der Waals surface area (Å²) < 4.78 is 40.4. The number of nitrogen functional groups attached to an aromatic ring is 1. The van der Waals surface area contributed by atoms with Gasteiger partial charge in [-0.05, 0) is 28.9 Å². The van der Waals surface area contributed by atoms with Crippen LogP contribution in [0.25, 0.3) is 0 Å². The quantitative estimate of drug-likeness (QED) is 0.560. The van der Waals surface area contributed by atoms with Gasteiger partial charge in [0.25, 0.3) is 10.0 Å². The summed E-state index contributed by atoms with van der Waals surface area (Å²) in [6.07, 6.45) is 0. The van der Waals surface area contributed by atoms with Crippen molar-refractivity contribution in [3.05, 3.63) is 33.1 Å². The molecule has 0 spiro atoms. The zero-order chi connectivity index (χ0) is 15.1. The Kier molecular flexibility index (Phi) is 3.94. The second kappa shape index (κ2) is 5.23. The fraction of sp³-hybridized carbons (Fsp3) is 0.100. The van der Waals surface area contributed by atoms with Crippen molar-refractivity contribution in [2.45, 2.75) is 11.8 Å². The van der Waals surface area contributed by atoms with Gasteiger partial charge in [-0.25, -0.2) is 12.8 Å². The van der Waals surface area contributed by atoms with Gasteiger partial charge >= 0.3 is 0 Å². The molecule has 1 aromatic heterocycles. The van der Waals surface area contributed by atoms with Crippen LogP contribution in [-0.4, -0.2) is 18.6 Å². The fourth-order valence-electron chi connectivity index (χ4n) is 1.46. The van der Waals surface area contributed by atoms with Crippen molar-refractivity contribution in [1.82, 2.24) is 10.2 Å². The molecule has 0 radical (unpaired) electrons. The van der Waals surface area contributed by atoms with E-state index in [2.05, 4.69) is 30.8 Å². The molecule has 0 unspecified atom stereocenters. The molecule has 1 heterocycles. The number of aromatic nitrogens is 2. The highest BCUT2D eigenvalue weighted by atomic mass is 79.9. The molecule has 6 nitrogen and oxygen atoms in total. The average Bonchev–Trinajstić information content (AvgIpc) is 2.75. The Morgan fingerprint density at radius 1 is 1.50 bits per heavy atom. The van der Waals surface area contributed by atoms with Crippen molar-refractivity contribution in [3.63, 3.8) is 0 Å². The average molecular weight is 384 g/mol. The van der Waals surface area contributed by atoms with Crippen LogP contribution in [0.5, 0.6) is 0 Å². The van der Waals surface area contributed by atoms with Gasteiger partial charge in [-0.2, -0.15) is 5.10 Å². The number of sulfonamides is 1. The van der Waals surface area contributed by atoms with E-state index in [0.717, 1.165) is 6.07 Å². The standard InChI is InChI=1S/C10H9BrClFN4O2S/c1-4-2-7(16-15-4)17-20(18,19)6-3-5(12)8(11)10(14)9(6)13/h2-3H,14H2,1H3,(H2,15,16,17). The van der Waals surface area contributed by atoms with Crippen LogP contribution in [0.4, 0.5) is 15.9 Å². The van der Waals surface area contributed by atoms with Gasteiger partial charge in [0.15, 0.2) is 11.6 Å². The van der Waals surface area contributed by atoms with Gasteiger partial charge in [-0.15, -0.1) is 0 Å². The van der Waals surface area contributed by atoms with Gasteiger partial charge in [0, 0.05) is 11.8 Å². The molecule has 20 heavy (non-hydrogen) atoms. The molecule has 0 bridgehead atoms. The Hall–Kier alpha value is -1.32. The Morgan fingerprint density at radius 3 is 2.70 bits per heavy atom. The number of nitrogens with one attached hydrogen (secondary N) is 2. The maximum atomic E-state index is 14.0. The molecule has 0 aliphatic carbocycles. The first-order valence-electron chi connectivity index (χ1n) is 5.20. The summed E-state index contributed by atoms with van der Waals surface area (Å²) in [5, 5.41) is 6.26. The molecule has 2 aromatic rings. The predicted molar refractivity (Wildman–Crippen MR) is 77.7 cm³/mol. The third-order valence-electron chi connectivity index (χ3n) is 2.39. The van der Waals surface area contributed by atoms with Gasteiger partial charge in [-0.1, -0.05) is 11.6 Å². The molecule has 10 heteroatoms. The molecule has 4 N–H and O–H groups in total. The minimum Gasteiger partial charge on any atom is -0.395 e. The molecule has 0 atom stereocenters. The first-order valence-corrected chi connectivity index (χ1v) is 7.85. The lowest BCUT2D eigenvalue weighted by Crippen LogP contribution is -2.16. The van der Waals surface area contributed by atoms with E-state index in [1.807, 2.05) is 0 Å². The largest absolute Gasteiger partial charge is 0.395 e. The van der Waals surface area contributed by atoms with Crippen LogP contribution in [0.1, 0.15) is 5.69 Å². The van der Waals surface area contributed by atoms with E-state index in [0.29, 0.717) is 5.69 Å². The number of hydrogen-bond acceptors (Lipinski definition) is 4. The third-order valence-corrected chi connectivity index (χ3v) is 5.13. The molecule has 2 rings (SSSR count). The first kappa shape index (κ1) is 15.1. The highest BCUT2D eigenvalue weighted by Gasteiger charge is 2.24. The van der Waals surface area contributed by atoms with Crippen LogP contribution in [-0.2, 0) is 10.0 Å². The number of nitrogens with zero attached hydrogens (tertiary/aromatic N) is 1. The van der Waals surface area contributed by atoms with Crippen LogP contribution < -0.4 is 10.5 Å². The number of nitrogens with two attached hydrogens (primary N) is 1. The third kappa shape index (κ3) is 2.74. The van der Waals surface area contributed by atoms with E-state index in [1.54, 1.807) is 6.92 Å². The lowest BCUT2D eigenvalue weighted by Gasteiger charge is -2.10. The number of rotatable bonds is 3. The lowest BCUT2D eigenvalue weighted by molar-refractivity contribution is 0.572. The summed E-state index contributed by atoms with van der Waals surface area (Å²) in [4.78, 5) is -0.649. The molecular weight excluding hydrogens is 375 g/mol. The monoisotopic (exact) mass is 382 g/mol. The van der Waals surface area contributed by atoms with E-state index in [-0.39, 0.29) is 21.0 Å². The van der Waals surface area contributed by atoms with Gasteiger partial charge < -0.3 is 5.73 Å². The van der Waals surface area contributed by atoms with Crippen molar-refractivity contribution in [2.24, 2.45) is 0 Å². The second-order valence-corrected chi connectivity index (χ2v) is 6.79. The first-order chi connectivity index (χ1) is 9.22. The summed E-state index contributed by atoms with van der Waals surface area (Å²) in [5.41, 5.74) is 5.73. The fourth-order valence-corrected chi connectivity index (χ4v) is 3.13. The van der Waals surface area contributed by atoms with Gasteiger partial charge in [0.1, 0.15) is 4.90 Å². The molecule has 0 amide bonds. The highest BCUT2D eigenvalue weighted by Crippen LogP contribution is 2.35. The maximum absolute atomic E-state index is 14.0. The Morgan fingerprint density at radius 2 is 2.15 bits per heavy atom. The van der Waals surface area contributed by atoms with E-state index in [4.69, 9.17) is 17.3 Å². The molecule has 108 valence electrons. The highest BCUT2D eigenvalue weighted by molar-refractivity contribution is 9.10. The summed E-state index contributed by atoms with van der Waals surface area (Å²) in [6, 6.07) is 2.43. The van der Waals surface area contributed by atoms with Crippen LogP contribution in [0, 0.1) is 12.7 Å². The molecule has 0 aliphatic rings. The van der Waals surface area contributed by atoms with E-state index >= 15 is 0 Å². The Bertz CT molecular complexity index is 778. The number of hydrogen-bond donors (Lipinski definition) is 3. The van der Waals surface area contributed by atoms with Gasteiger partial charge in [-0.3, -0.25) is 9.82 Å². The molecule has 0 aliphatic heterocycles. The zero-order valence-electron chi connectivity index (χ0n) is 10.0. The van der Waals surface area contributed by atoms with Crippen molar-refractivity contribution < 1.29 is 12.8 Å². The Balaban J connectivity index is 2.50. The van der Waals surface area contributed by atoms with E-state index in [1.165, 1.54) is 6.07 Å². The number of anilines is 2. The summed E-state index contributed by atoms with van der Waals surface area (Å²) in [5.74, 6) is -1.04. The maximum Gasteiger partial charge on any atom is 0.266 e. The number of aryl methyl sites for hydroxylation is 1. The number of H-pyrrole nitrogens is 1. The number of aromatic amines is 1. The minimum atomic E-state index is -4.19. The van der Waals surface area contributed by atoms with Crippen molar-refractivity contribution in [3.8, 4) is 0 Å². The lowest BCUT2D eigenvalue weighted by atomic mass is 10.3. The molecule has 1 aromatic carbocycles. The second-order valence-electron chi connectivity index (χ2n) is 3.94. The van der Waals surface area contributed by atoms with Gasteiger partial charge in [0.2, 0.25) is 0 Å². The Labute approximate surface area is 127 Å². The normalized spacial score (nSPS) is 11.6. The van der Waals surface area contributed by atoms with Crippen molar-refractivity contribution in [1.29, 1.82) is 0 Å². The zero-order valence-corrected chi connectivity index (χ0v) is 13.2. The van der Waals surface area contributed by atoms with Crippen molar-refractivity contribution >= 4 is 49.1 Å². The molecule has 0 saturated carbocycles. The van der Waals surface area contributed by atoms with Crippen LogP contribution in [0.3, 0.4) is 0 Å². The molecule has 0 fully saturated rings. The van der Waals surface area contributed by atoms with E-state index in [9.17, 15) is 12.8 Å². The molecule has 0 saturated heterocycles. The summed E-state index contributed by atoms with van der Waals surface area (Å²) in [7, 11) is -4.19. The molecular formula is C10H9BrClFN4O2S. The summed E-state index contributed by atoms with van der Waals surface area (Å²) in [6.45, 7) is 1.69. The SMILES string of the molecule is Cc1cc(NS(=O)(=O)c2cc(Cl)c(Br)c(N)c2F)n[nH]1. The number of halogens is 3.